The lowest BCUT2D eigenvalue weighted by molar-refractivity contribution is 0.822. The van der Waals surface area contributed by atoms with Crippen LogP contribution in [0.25, 0.3) is 0 Å². The molecule has 0 aromatic heterocycles. The van der Waals surface area contributed by atoms with Crippen LogP contribution >= 0.6 is 0 Å². The molecule has 0 aliphatic carbocycles. The summed E-state index contributed by atoms with van der Waals surface area (Å²) in [5.74, 6) is 0. The van der Waals surface area contributed by atoms with Crippen LogP contribution in [0, 0.1) is 22.7 Å². The van der Waals surface area contributed by atoms with Crippen LogP contribution in [0.5, 0.6) is 0 Å². The third-order valence-electron chi connectivity index (χ3n) is 0.642. The minimum absolute atomic E-state index is 0.719. The summed E-state index contributed by atoms with van der Waals surface area (Å²) in [6.07, 6.45) is 2.90. The number of rotatable bonds is 2. The Bertz CT molecular complexity index is 105. The fourth-order valence-corrected chi connectivity index (χ4v) is 0.256. The van der Waals surface area contributed by atoms with Gasteiger partial charge in [-0.3, -0.25) is 0 Å². The van der Waals surface area contributed by atoms with E-state index < -0.39 is 0 Å². The molecule has 0 aromatic carbocycles. The van der Waals surface area contributed by atoms with Gasteiger partial charge in [-0.05, 0) is 6.42 Å². The Hall–Kier alpha value is -1.02. The summed E-state index contributed by atoms with van der Waals surface area (Å²) >= 11 is 0. The number of hydrogen-bond donors (Lipinski definition) is 0. The molecule has 0 fully saturated rings. The Morgan fingerprint density at radius 2 is 1.78 bits per heavy atom. The summed E-state index contributed by atoms with van der Waals surface area (Å²) in [5.41, 5.74) is 0. The summed E-state index contributed by atoms with van der Waals surface area (Å²) in [6.45, 7) is 3.51. The van der Waals surface area contributed by atoms with E-state index in [1.807, 2.05) is 0 Å². The van der Waals surface area contributed by atoms with E-state index >= 15 is 0 Å². The third kappa shape index (κ3) is 44.2. The smallest absolute Gasteiger partial charge is 0.0621 e. The molecule has 2 nitrogen and oxygen atoms in total. The Morgan fingerprint density at radius 1 is 1.33 bits per heavy atom. The molecule has 0 rings (SSSR count). The van der Waals surface area contributed by atoms with Gasteiger partial charge in [0.25, 0.3) is 0 Å². The standard InChI is InChI=1S/C5H9N.C2H3N/c1-2-3-4-5-6;1-2-3/h2-4H2,1H3;1H3. The second kappa shape index (κ2) is 15.8. The summed E-state index contributed by atoms with van der Waals surface area (Å²) in [7, 11) is 0. The van der Waals surface area contributed by atoms with E-state index in [4.69, 9.17) is 10.5 Å². The Balaban J connectivity index is 0. The highest BCUT2D eigenvalue weighted by Crippen LogP contribution is 1.88. The molecule has 0 radical (unpaired) electrons. The molecule has 9 heavy (non-hydrogen) atoms. The van der Waals surface area contributed by atoms with Gasteiger partial charge in [0.1, 0.15) is 0 Å². The first kappa shape index (κ1) is 10.9. The van der Waals surface area contributed by atoms with Crippen molar-refractivity contribution in [1.82, 2.24) is 0 Å². The summed E-state index contributed by atoms with van der Waals surface area (Å²) in [4.78, 5) is 0. The first-order valence-corrected chi connectivity index (χ1v) is 3.01. The van der Waals surface area contributed by atoms with E-state index in [1.54, 1.807) is 6.07 Å². The molecule has 2 heteroatoms. The minimum atomic E-state index is 0.719. The monoisotopic (exact) mass is 124 g/mol. The molecule has 0 unspecified atom stereocenters. The molecule has 0 spiro atoms. The first-order chi connectivity index (χ1) is 4.33. The molecule has 0 aromatic rings. The largest absolute Gasteiger partial charge is 0.199 e. The molecule has 0 amide bonds. The van der Waals surface area contributed by atoms with E-state index in [1.165, 1.54) is 6.92 Å². The van der Waals surface area contributed by atoms with Gasteiger partial charge in [0, 0.05) is 13.3 Å². The van der Waals surface area contributed by atoms with Crippen molar-refractivity contribution in [2.45, 2.75) is 33.1 Å². The number of nitrogens with zero attached hydrogens (tertiary/aromatic N) is 2. The van der Waals surface area contributed by atoms with E-state index in [0.29, 0.717) is 0 Å². The van der Waals surface area contributed by atoms with Crippen molar-refractivity contribution >= 4 is 0 Å². The van der Waals surface area contributed by atoms with Crippen LogP contribution in [0.4, 0.5) is 0 Å². The summed E-state index contributed by atoms with van der Waals surface area (Å²) < 4.78 is 0. The number of hydrogen-bond acceptors (Lipinski definition) is 2. The van der Waals surface area contributed by atoms with Gasteiger partial charge < -0.3 is 0 Å². The van der Waals surface area contributed by atoms with Crippen molar-refractivity contribution in [2.24, 2.45) is 0 Å². The summed E-state index contributed by atoms with van der Waals surface area (Å²) in [6, 6.07) is 3.82. The van der Waals surface area contributed by atoms with Gasteiger partial charge in [-0.2, -0.15) is 10.5 Å². The molecule has 0 N–H and O–H groups in total. The quantitative estimate of drug-likeness (QED) is 0.530. The van der Waals surface area contributed by atoms with Crippen LogP contribution < -0.4 is 0 Å². The van der Waals surface area contributed by atoms with E-state index in [-0.39, 0.29) is 0 Å². The first-order valence-electron chi connectivity index (χ1n) is 3.01. The van der Waals surface area contributed by atoms with Crippen LogP contribution in [-0.4, -0.2) is 0 Å². The van der Waals surface area contributed by atoms with Crippen molar-refractivity contribution in [3.8, 4) is 12.1 Å². The number of unbranched alkanes of at least 4 members (excludes halogenated alkanes) is 2. The molecule has 0 bridgehead atoms. The van der Waals surface area contributed by atoms with Crippen LogP contribution in [0.1, 0.15) is 33.1 Å². The van der Waals surface area contributed by atoms with Crippen LogP contribution in [0.3, 0.4) is 0 Å². The van der Waals surface area contributed by atoms with Crippen molar-refractivity contribution in [1.29, 1.82) is 10.5 Å². The predicted octanol–water partition coefficient (Wildman–Crippen LogP) is 2.23. The highest BCUT2D eigenvalue weighted by Gasteiger charge is 1.74. The normalized spacial score (nSPS) is 5.78. The SMILES string of the molecule is CC#N.CCCCC#N. The zero-order chi connectivity index (χ0) is 7.54. The van der Waals surface area contributed by atoms with Gasteiger partial charge in [0.05, 0.1) is 12.1 Å². The van der Waals surface area contributed by atoms with Crippen LogP contribution in [0.15, 0.2) is 0 Å². The molecule has 0 aliphatic rings. The average Bonchev–Trinajstić information content (AvgIpc) is 1.86. The lowest BCUT2D eigenvalue weighted by atomic mass is 10.3. The van der Waals surface area contributed by atoms with Gasteiger partial charge in [-0.15, -0.1) is 0 Å². The molecular formula is C7H12N2. The summed E-state index contributed by atoms with van der Waals surface area (Å²) in [5, 5.41) is 15.3. The van der Waals surface area contributed by atoms with Crippen LogP contribution in [-0.2, 0) is 0 Å². The van der Waals surface area contributed by atoms with Crippen molar-refractivity contribution in [2.75, 3.05) is 0 Å². The lowest BCUT2D eigenvalue weighted by Gasteiger charge is -1.77. The molecule has 50 valence electrons. The highest BCUT2D eigenvalue weighted by molar-refractivity contribution is 4.66. The minimum Gasteiger partial charge on any atom is -0.199 e. The third-order valence-corrected chi connectivity index (χ3v) is 0.642. The van der Waals surface area contributed by atoms with Gasteiger partial charge in [0.15, 0.2) is 0 Å². The van der Waals surface area contributed by atoms with Crippen LogP contribution in [0.2, 0.25) is 0 Å². The van der Waals surface area contributed by atoms with Crippen molar-refractivity contribution in [3.63, 3.8) is 0 Å². The van der Waals surface area contributed by atoms with E-state index in [2.05, 4.69) is 13.0 Å². The molecule has 0 atom stereocenters. The van der Waals surface area contributed by atoms with Gasteiger partial charge in [-0.25, -0.2) is 0 Å². The predicted molar refractivity (Wildman–Crippen MR) is 36.4 cm³/mol. The molecule has 0 aliphatic heterocycles. The Morgan fingerprint density at radius 3 is 1.89 bits per heavy atom. The molecule has 0 saturated heterocycles. The maximum Gasteiger partial charge on any atom is 0.0621 e. The van der Waals surface area contributed by atoms with Gasteiger partial charge >= 0.3 is 0 Å². The topological polar surface area (TPSA) is 47.6 Å². The second-order valence-electron chi connectivity index (χ2n) is 1.49. The Kier molecular flexibility index (Phi) is 19.0. The van der Waals surface area contributed by atoms with E-state index in [9.17, 15) is 0 Å². The molecular weight excluding hydrogens is 112 g/mol. The second-order valence-corrected chi connectivity index (χ2v) is 1.49. The van der Waals surface area contributed by atoms with Gasteiger partial charge in [-0.1, -0.05) is 13.3 Å². The van der Waals surface area contributed by atoms with Gasteiger partial charge in [0.2, 0.25) is 0 Å². The fourth-order valence-electron chi connectivity index (χ4n) is 0.256. The number of nitriles is 2. The lowest BCUT2D eigenvalue weighted by Crippen LogP contribution is -1.62. The highest BCUT2D eigenvalue weighted by atomic mass is 14.2. The molecule has 0 heterocycles. The maximum atomic E-state index is 7.95. The zero-order valence-electron chi connectivity index (χ0n) is 6.02. The van der Waals surface area contributed by atoms with E-state index in [0.717, 1.165) is 19.3 Å². The zero-order valence-corrected chi connectivity index (χ0v) is 6.02. The maximum absolute atomic E-state index is 7.95. The van der Waals surface area contributed by atoms with Crippen molar-refractivity contribution < 1.29 is 0 Å². The van der Waals surface area contributed by atoms with Crippen molar-refractivity contribution in [3.05, 3.63) is 0 Å². The molecule has 0 saturated carbocycles. The fraction of sp³-hybridized carbons (Fsp3) is 0.714. The average molecular weight is 124 g/mol. The Labute approximate surface area is 56.7 Å².